The highest BCUT2D eigenvalue weighted by Crippen LogP contribution is 2.23. The Morgan fingerprint density at radius 3 is 2.50 bits per heavy atom. The lowest BCUT2D eigenvalue weighted by molar-refractivity contribution is 0.432. The number of nitrogens with one attached hydrogen (secondary N) is 1. The van der Waals surface area contributed by atoms with Crippen molar-refractivity contribution in [2.75, 3.05) is 12.4 Å². The van der Waals surface area contributed by atoms with Gasteiger partial charge in [-0.1, -0.05) is 28.9 Å². The lowest BCUT2D eigenvalue weighted by Crippen LogP contribution is -1.87. The number of anilines is 1. The smallest absolute Gasteiger partial charge is 0.258 e. The van der Waals surface area contributed by atoms with Crippen LogP contribution in [0.15, 0.2) is 53.1 Å². The third kappa shape index (κ3) is 2.40. The molecule has 0 saturated heterocycles. The van der Waals surface area contributed by atoms with Crippen molar-refractivity contribution in [3.63, 3.8) is 0 Å². The normalized spacial score (nSPS) is 10.5. The molecule has 0 aliphatic carbocycles. The first-order valence-electron chi connectivity index (χ1n) is 6.45. The van der Waals surface area contributed by atoms with E-state index >= 15 is 0 Å². The molecule has 2 aromatic carbocycles. The zero-order valence-electron chi connectivity index (χ0n) is 11.4. The molecule has 0 spiro atoms. The van der Waals surface area contributed by atoms with Gasteiger partial charge in [0.2, 0.25) is 5.82 Å². The maximum atomic E-state index is 5.34. The minimum Gasteiger partial charge on any atom is -0.388 e. The summed E-state index contributed by atoms with van der Waals surface area (Å²) in [5, 5.41) is 7.12. The summed E-state index contributed by atoms with van der Waals surface area (Å²) in [5.74, 6) is 1.14. The second-order valence-electron chi connectivity index (χ2n) is 4.62. The molecule has 0 amide bonds. The number of aryl methyl sites for hydroxylation is 1. The van der Waals surface area contributed by atoms with Gasteiger partial charge < -0.3 is 9.84 Å². The number of hydrogen-bond donors (Lipinski definition) is 1. The van der Waals surface area contributed by atoms with Gasteiger partial charge in [0.25, 0.3) is 5.89 Å². The molecule has 1 N–H and O–H groups in total. The van der Waals surface area contributed by atoms with Crippen LogP contribution in [0.5, 0.6) is 0 Å². The van der Waals surface area contributed by atoms with Crippen LogP contribution < -0.4 is 5.32 Å². The van der Waals surface area contributed by atoms with Crippen molar-refractivity contribution in [2.24, 2.45) is 0 Å². The van der Waals surface area contributed by atoms with Gasteiger partial charge in [0.15, 0.2) is 0 Å². The summed E-state index contributed by atoms with van der Waals surface area (Å²) in [6.07, 6.45) is 0. The number of aromatic nitrogens is 2. The number of rotatable bonds is 3. The highest BCUT2D eigenvalue weighted by atomic mass is 16.5. The van der Waals surface area contributed by atoms with Gasteiger partial charge in [-0.2, -0.15) is 4.98 Å². The molecule has 0 fully saturated rings. The number of nitrogens with zero attached hydrogens (tertiary/aromatic N) is 2. The number of hydrogen-bond acceptors (Lipinski definition) is 4. The fourth-order valence-electron chi connectivity index (χ4n) is 2.02. The van der Waals surface area contributed by atoms with Gasteiger partial charge in [-0.3, -0.25) is 0 Å². The van der Waals surface area contributed by atoms with Gasteiger partial charge in [0.1, 0.15) is 0 Å². The molecule has 0 aliphatic rings. The highest BCUT2D eigenvalue weighted by Gasteiger charge is 2.10. The molecule has 0 atom stereocenters. The molecule has 0 radical (unpaired) electrons. The maximum Gasteiger partial charge on any atom is 0.258 e. The fourth-order valence-corrected chi connectivity index (χ4v) is 2.02. The van der Waals surface area contributed by atoms with E-state index in [1.807, 2.05) is 62.5 Å². The maximum absolute atomic E-state index is 5.34. The van der Waals surface area contributed by atoms with Gasteiger partial charge >= 0.3 is 0 Å². The molecule has 20 heavy (non-hydrogen) atoms. The summed E-state index contributed by atoms with van der Waals surface area (Å²) in [6, 6.07) is 15.9. The number of benzene rings is 2. The SMILES string of the molecule is CNc1ccc(-c2nc(-c3cccc(C)c3)no2)cc1. The lowest BCUT2D eigenvalue weighted by atomic mass is 10.1. The van der Waals surface area contributed by atoms with Crippen LogP contribution in [0.3, 0.4) is 0 Å². The van der Waals surface area contributed by atoms with Crippen LogP contribution in [0.1, 0.15) is 5.56 Å². The third-order valence-corrected chi connectivity index (χ3v) is 3.12. The van der Waals surface area contributed by atoms with Gasteiger partial charge in [-0.25, -0.2) is 0 Å². The van der Waals surface area contributed by atoms with Gasteiger partial charge in [0, 0.05) is 23.9 Å². The van der Waals surface area contributed by atoms with Gasteiger partial charge in [-0.15, -0.1) is 0 Å². The Bertz CT molecular complexity index is 717. The Kier molecular flexibility index (Phi) is 3.21. The van der Waals surface area contributed by atoms with Crippen molar-refractivity contribution in [3.05, 3.63) is 54.1 Å². The summed E-state index contributed by atoms with van der Waals surface area (Å²) in [4.78, 5) is 4.45. The first-order chi connectivity index (χ1) is 9.76. The minimum atomic E-state index is 0.532. The quantitative estimate of drug-likeness (QED) is 0.783. The van der Waals surface area contributed by atoms with Crippen LogP contribution in [0.25, 0.3) is 22.8 Å². The molecule has 100 valence electrons. The fraction of sp³-hybridized carbons (Fsp3) is 0.125. The molecule has 0 bridgehead atoms. The standard InChI is InChI=1S/C16H15N3O/c1-11-4-3-5-13(10-11)15-18-16(20-19-15)12-6-8-14(17-2)9-7-12/h3-10,17H,1-2H3. The molecule has 0 aliphatic heterocycles. The highest BCUT2D eigenvalue weighted by molar-refractivity contribution is 5.62. The Hall–Kier alpha value is -2.62. The van der Waals surface area contributed by atoms with Gasteiger partial charge in [-0.05, 0) is 37.3 Å². The minimum absolute atomic E-state index is 0.532. The van der Waals surface area contributed by atoms with Crippen molar-refractivity contribution in [1.82, 2.24) is 10.1 Å². The largest absolute Gasteiger partial charge is 0.388 e. The molecule has 4 nitrogen and oxygen atoms in total. The van der Waals surface area contributed by atoms with Crippen molar-refractivity contribution in [2.45, 2.75) is 6.92 Å². The van der Waals surface area contributed by atoms with E-state index in [0.717, 1.165) is 16.8 Å². The molecule has 1 aromatic heterocycles. The molecular weight excluding hydrogens is 250 g/mol. The molecule has 1 heterocycles. The Labute approximate surface area is 117 Å². The van der Waals surface area contributed by atoms with E-state index in [1.54, 1.807) is 0 Å². The topological polar surface area (TPSA) is 51.0 Å². The van der Waals surface area contributed by atoms with Crippen LogP contribution in [0.4, 0.5) is 5.69 Å². The van der Waals surface area contributed by atoms with E-state index in [2.05, 4.69) is 15.5 Å². The Morgan fingerprint density at radius 1 is 1.00 bits per heavy atom. The third-order valence-electron chi connectivity index (χ3n) is 3.12. The summed E-state index contributed by atoms with van der Waals surface area (Å²) >= 11 is 0. The molecule has 4 heteroatoms. The van der Waals surface area contributed by atoms with Crippen molar-refractivity contribution in [1.29, 1.82) is 0 Å². The van der Waals surface area contributed by atoms with Crippen molar-refractivity contribution >= 4 is 5.69 Å². The van der Waals surface area contributed by atoms with E-state index in [1.165, 1.54) is 5.56 Å². The Morgan fingerprint density at radius 2 is 1.80 bits per heavy atom. The first kappa shape index (κ1) is 12.4. The second kappa shape index (κ2) is 5.17. The van der Waals surface area contributed by atoms with E-state index < -0.39 is 0 Å². The van der Waals surface area contributed by atoms with Crippen LogP contribution in [-0.4, -0.2) is 17.2 Å². The molecule has 3 rings (SSSR count). The van der Waals surface area contributed by atoms with Crippen LogP contribution in [0, 0.1) is 6.92 Å². The summed E-state index contributed by atoms with van der Waals surface area (Å²) in [6.45, 7) is 2.04. The molecule has 0 unspecified atom stereocenters. The zero-order valence-corrected chi connectivity index (χ0v) is 11.4. The summed E-state index contributed by atoms with van der Waals surface area (Å²) in [7, 11) is 1.89. The average Bonchev–Trinajstić information content (AvgIpc) is 2.97. The summed E-state index contributed by atoms with van der Waals surface area (Å²) in [5.41, 5.74) is 4.10. The monoisotopic (exact) mass is 265 g/mol. The van der Waals surface area contributed by atoms with Crippen molar-refractivity contribution < 1.29 is 4.52 Å². The Balaban J connectivity index is 1.93. The molecule has 3 aromatic rings. The summed E-state index contributed by atoms with van der Waals surface area (Å²) < 4.78 is 5.34. The second-order valence-corrected chi connectivity index (χ2v) is 4.62. The van der Waals surface area contributed by atoms with E-state index in [9.17, 15) is 0 Å². The van der Waals surface area contributed by atoms with E-state index in [0.29, 0.717) is 11.7 Å². The lowest BCUT2D eigenvalue weighted by Gasteiger charge is -1.99. The predicted molar refractivity (Wildman–Crippen MR) is 79.5 cm³/mol. The predicted octanol–water partition coefficient (Wildman–Crippen LogP) is 3.75. The van der Waals surface area contributed by atoms with E-state index in [-0.39, 0.29) is 0 Å². The van der Waals surface area contributed by atoms with E-state index in [4.69, 9.17) is 4.52 Å². The molecule has 0 saturated carbocycles. The molecular formula is C16H15N3O. The van der Waals surface area contributed by atoms with Crippen molar-refractivity contribution in [3.8, 4) is 22.8 Å². The van der Waals surface area contributed by atoms with Gasteiger partial charge in [0.05, 0.1) is 0 Å². The van der Waals surface area contributed by atoms with Crippen LogP contribution in [-0.2, 0) is 0 Å². The van der Waals surface area contributed by atoms with Crippen LogP contribution >= 0.6 is 0 Å². The zero-order chi connectivity index (χ0) is 13.9. The average molecular weight is 265 g/mol. The van der Waals surface area contributed by atoms with Crippen LogP contribution in [0.2, 0.25) is 0 Å². The first-order valence-corrected chi connectivity index (χ1v) is 6.45.